The smallest absolute Gasteiger partial charge is 0.304 e. The summed E-state index contributed by atoms with van der Waals surface area (Å²) in [4.78, 5) is 10.8. The molecule has 0 heterocycles. The topological polar surface area (TPSA) is 107 Å². The maximum absolute atomic E-state index is 12.4. The number of rotatable bonds is 5. The maximum atomic E-state index is 12.4. The van der Waals surface area contributed by atoms with Crippen molar-refractivity contribution in [3.63, 3.8) is 0 Å². The van der Waals surface area contributed by atoms with Crippen molar-refractivity contribution in [1.29, 1.82) is 5.26 Å². The van der Waals surface area contributed by atoms with E-state index in [1.165, 1.54) is 18.2 Å². The summed E-state index contributed by atoms with van der Waals surface area (Å²) in [6, 6.07) is 6.83. The van der Waals surface area contributed by atoms with Crippen LogP contribution in [0, 0.1) is 16.7 Å². The van der Waals surface area contributed by atoms with Gasteiger partial charge in [-0.05, 0) is 17.5 Å². The zero-order chi connectivity index (χ0) is 16.3. The highest BCUT2D eigenvalue weighted by molar-refractivity contribution is 7.89. The second-order valence-electron chi connectivity index (χ2n) is 5.75. The average Bonchev–Trinajstić information content (AvgIpc) is 2.36. The number of carboxylic acid groups (broad SMARTS) is 1. The van der Waals surface area contributed by atoms with Crippen molar-refractivity contribution < 1.29 is 18.3 Å². The quantitative estimate of drug-likeness (QED) is 0.861. The van der Waals surface area contributed by atoms with Crippen LogP contribution in [0.5, 0.6) is 0 Å². The van der Waals surface area contributed by atoms with Crippen LogP contribution in [0.3, 0.4) is 0 Å². The highest BCUT2D eigenvalue weighted by Gasteiger charge is 2.32. The number of hydrogen-bond donors (Lipinski definition) is 2. The molecule has 0 aromatic heterocycles. The Hall–Kier alpha value is -1.91. The third-order valence-electron chi connectivity index (χ3n) is 3.02. The average molecular weight is 310 g/mol. The molecule has 0 radical (unpaired) electrons. The predicted octanol–water partition coefficient (Wildman–Crippen LogP) is 1.73. The fourth-order valence-electron chi connectivity index (χ4n) is 1.74. The number of nitrogens with one attached hydrogen (secondary N) is 1. The van der Waals surface area contributed by atoms with Crippen molar-refractivity contribution in [3.8, 4) is 6.07 Å². The van der Waals surface area contributed by atoms with Gasteiger partial charge in [0, 0.05) is 6.04 Å². The molecule has 1 aromatic carbocycles. The van der Waals surface area contributed by atoms with Crippen LogP contribution in [-0.4, -0.2) is 25.5 Å². The predicted molar refractivity (Wildman–Crippen MR) is 77.0 cm³/mol. The fourth-order valence-corrected chi connectivity index (χ4v) is 3.34. The summed E-state index contributed by atoms with van der Waals surface area (Å²) in [7, 11) is -3.97. The van der Waals surface area contributed by atoms with Gasteiger partial charge < -0.3 is 5.11 Å². The number of sulfonamides is 1. The van der Waals surface area contributed by atoms with Gasteiger partial charge in [-0.1, -0.05) is 32.9 Å². The summed E-state index contributed by atoms with van der Waals surface area (Å²) in [5.41, 5.74) is -0.555. The van der Waals surface area contributed by atoms with Crippen LogP contribution in [0.25, 0.3) is 0 Å². The molecule has 7 heteroatoms. The first-order chi connectivity index (χ1) is 9.58. The number of nitrogens with zero attached hydrogens (tertiary/aromatic N) is 1. The largest absolute Gasteiger partial charge is 0.481 e. The molecule has 0 bridgehead atoms. The number of carbonyl (C=O) groups is 1. The van der Waals surface area contributed by atoms with E-state index in [1.807, 2.05) is 6.07 Å². The van der Waals surface area contributed by atoms with Crippen molar-refractivity contribution in [2.75, 3.05) is 0 Å². The minimum atomic E-state index is -3.97. The molecule has 0 saturated heterocycles. The molecule has 0 aliphatic carbocycles. The number of carboxylic acids is 1. The maximum Gasteiger partial charge on any atom is 0.304 e. The Kier molecular flexibility index (Phi) is 5.10. The van der Waals surface area contributed by atoms with E-state index in [1.54, 1.807) is 26.8 Å². The summed E-state index contributed by atoms with van der Waals surface area (Å²) in [6.45, 7) is 5.25. The molecule has 0 aliphatic heterocycles. The summed E-state index contributed by atoms with van der Waals surface area (Å²) in [5, 5.41) is 17.9. The molecule has 2 N–H and O–H groups in total. The number of nitriles is 1. The molecule has 1 aromatic rings. The van der Waals surface area contributed by atoms with E-state index < -0.39 is 27.4 Å². The van der Waals surface area contributed by atoms with Crippen molar-refractivity contribution >= 4 is 16.0 Å². The normalized spacial score (nSPS) is 13.4. The SMILES string of the molecule is CC(C)(C)C(CC(=O)O)NS(=O)(=O)c1ccccc1C#N. The van der Waals surface area contributed by atoms with Crippen LogP contribution >= 0.6 is 0 Å². The molecule has 0 aliphatic rings. The van der Waals surface area contributed by atoms with Gasteiger partial charge in [-0.15, -0.1) is 0 Å². The van der Waals surface area contributed by atoms with Gasteiger partial charge in [0.1, 0.15) is 6.07 Å². The van der Waals surface area contributed by atoms with Gasteiger partial charge in [0.25, 0.3) is 0 Å². The number of hydrogen-bond acceptors (Lipinski definition) is 4. The van der Waals surface area contributed by atoms with Crippen molar-refractivity contribution in [2.24, 2.45) is 5.41 Å². The van der Waals surface area contributed by atoms with E-state index >= 15 is 0 Å². The molecule has 0 fully saturated rings. The van der Waals surface area contributed by atoms with Gasteiger partial charge >= 0.3 is 5.97 Å². The highest BCUT2D eigenvalue weighted by Crippen LogP contribution is 2.24. The van der Waals surface area contributed by atoms with Crippen LogP contribution in [0.15, 0.2) is 29.2 Å². The molecule has 0 saturated carbocycles. The van der Waals surface area contributed by atoms with Crippen LogP contribution in [-0.2, 0) is 14.8 Å². The van der Waals surface area contributed by atoms with Gasteiger partial charge in [-0.2, -0.15) is 5.26 Å². The van der Waals surface area contributed by atoms with Crippen molar-refractivity contribution in [1.82, 2.24) is 4.72 Å². The van der Waals surface area contributed by atoms with Crippen molar-refractivity contribution in [3.05, 3.63) is 29.8 Å². The van der Waals surface area contributed by atoms with E-state index in [-0.39, 0.29) is 16.9 Å². The highest BCUT2D eigenvalue weighted by atomic mass is 32.2. The second kappa shape index (κ2) is 6.24. The molecular weight excluding hydrogens is 292 g/mol. The molecular formula is C14H18N2O4S. The second-order valence-corrected chi connectivity index (χ2v) is 7.43. The summed E-state index contributed by atoms with van der Waals surface area (Å²) >= 11 is 0. The Morgan fingerprint density at radius 3 is 2.43 bits per heavy atom. The third kappa shape index (κ3) is 4.55. The Morgan fingerprint density at radius 1 is 1.38 bits per heavy atom. The summed E-state index contributed by atoms with van der Waals surface area (Å²) in [5.74, 6) is -1.09. The van der Waals surface area contributed by atoms with Gasteiger partial charge in [0.05, 0.1) is 16.9 Å². The fraction of sp³-hybridized carbons (Fsp3) is 0.429. The van der Waals surface area contributed by atoms with Crippen LogP contribution < -0.4 is 4.72 Å². The Balaban J connectivity index is 3.19. The Bertz CT molecular complexity index is 669. The number of benzene rings is 1. The van der Waals surface area contributed by atoms with Gasteiger partial charge in [-0.3, -0.25) is 4.79 Å². The van der Waals surface area contributed by atoms with Crippen LogP contribution in [0.1, 0.15) is 32.8 Å². The standard InChI is InChI=1S/C14H18N2O4S/c1-14(2,3)12(8-13(17)18)16-21(19,20)11-7-5-4-6-10(11)9-15/h4-7,12,16H,8H2,1-3H3,(H,17,18). The van der Waals surface area contributed by atoms with Crippen LogP contribution in [0.4, 0.5) is 0 Å². The third-order valence-corrected chi connectivity index (χ3v) is 4.55. The lowest BCUT2D eigenvalue weighted by Gasteiger charge is -2.30. The van der Waals surface area contributed by atoms with Crippen molar-refractivity contribution in [2.45, 2.75) is 38.1 Å². The van der Waals surface area contributed by atoms with Gasteiger partial charge in [-0.25, -0.2) is 13.1 Å². The summed E-state index contributed by atoms with van der Waals surface area (Å²) in [6.07, 6.45) is -0.336. The lowest BCUT2D eigenvalue weighted by Crippen LogP contribution is -2.45. The lowest BCUT2D eigenvalue weighted by molar-refractivity contribution is -0.138. The molecule has 0 spiro atoms. The number of aliphatic carboxylic acids is 1. The van der Waals surface area contributed by atoms with E-state index in [0.717, 1.165) is 0 Å². The molecule has 1 atom stereocenters. The zero-order valence-electron chi connectivity index (χ0n) is 12.1. The van der Waals surface area contributed by atoms with Gasteiger partial charge in [0.2, 0.25) is 10.0 Å². The Morgan fingerprint density at radius 2 is 1.95 bits per heavy atom. The lowest BCUT2D eigenvalue weighted by atomic mass is 9.85. The van der Waals surface area contributed by atoms with Gasteiger partial charge in [0.15, 0.2) is 0 Å². The van der Waals surface area contributed by atoms with Crippen LogP contribution in [0.2, 0.25) is 0 Å². The molecule has 6 nitrogen and oxygen atoms in total. The van der Waals surface area contributed by atoms with E-state index in [0.29, 0.717) is 0 Å². The molecule has 1 rings (SSSR count). The zero-order valence-corrected chi connectivity index (χ0v) is 12.9. The molecule has 0 amide bonds. The molecule has 21 heavy (non-hydrogen) atoms. The molecule has 114 valence electrons. The monoisotopic (exact) mass is 310 g/mol. The minimum Gasteiger partial charge on any atom is -0.481 e. The van der Waals surface area contributed by atoms with E-state index in [4.69, 9.17) is 10.4 Å². The first-order valence-electron chi connectivity index (χ1n) is 6.31. The van der Waals surface area contributed by atoms with E-state index in [9.17, 15) is 13.2 Å². The summed E-state index contributed by atoms with van der Waals surface area (Å²) < 4.78 is 27.2. The Labute approximate surface area is 124 Å². The minimum absolute atomic E-state index is 0.0213. The first kappa shape index (κ1) is 17.1. The van der Waals surface area contributed by atoms with E-state index in [2.05, 4.69) is 4.72 Å². The first-order valence-corrected chi connectivity index (χ1v) is 7.79. The molecule has 1 unspecified atom stereocenters.